The van der Waals surface area contributed by atoms with E-state index in [0.29, 0.717) is 13.2 Å². The molecular weight excluding hydrogens is 267 g/mol. The molecule has 2 aliphatic heterocycles. The summed E-state index contributed by atoms with van der Waals surface area (Å²) in [5, 5.41) is 0. The van der Waals surface area contributed by atoms with Gasteiger partial charge in [0.15, 0.2) is 0 Å². The van der Waals surface area contributed by atoms with Gasteiger partial charge in [0.1, 0.15) is 20.1 Å². The van der Waals surface area contributed by atoms with Gasteiger partial charge in [0, 0.05) is 11.9 Å². The summed E-state index contributed by atoms with van der Waals surface area (Å²) < 4.78 is 16.8. The van der Waals surface area contributed by atoms with Crippen molar-refractivity contribution in [1.29, 1.82) is 0 Å². The van der Waals surface area contributed by atoms with Crippen LogP contribution in [0, 0.1) is 11.8 Å². The fourth-order valence-corrected chi connectivity index (χ4v) is 3.20. The van der Waals surface area contributed by atoms with Crippen LogP contribution in [0.5, 0.6) is 0 Å². The summed E-state index contributed by atoms with van der Waals surface area (Å²) >= 11 is 0. The molecule has 2 aliphatic rings. The van der Waals surface area contributed by atoms with E-state index in [0.717, 1.165) is 5.56 Å². The number of fused-ring (bicyclic) bond motifs is 2. The molecule has 0 aliphatic carbocycles. The molecule has 2 bridgehead atoms. The van der Waals surface area contributed by atoms with E-state index in [9.17, 15) is 4.79 Å². The fourth-order valence-electron chi connectivity index (χ4n) is 3.20. The Labute approximate surface area is 126 Å². The Morgan fingerprint density at radius 3 is 2.95 bits per heavy atom. The number of ether oxygens (including phenoxy) is 3. The summed E-state index contributed by atoms with van der Waals surface area (Å²) in [5.41, 5.74) is 0.342. The maximum absolute atomic E-state index is 12.1. The second-order valence-corrected chi connectivity index (χ2v) is 5.94. The molecule has 2 saturated heterocycles. The van der Waals surface area contributed by atoms with Gasteiger partial charge >= 0.3 is 5.97 Å². The third-order valence-corrected chi connectivity index (χ3v) is 4.61. The van der Waals surface area contributed by atoms with Crippen LogP contribution >= 0.6 is 0 Å². The van der Waals surface area contributed by atoms with Crippen molar-refractivity contribution in [3.05, 3.63) is 35.9 Å². The molecule has 2 fully saturated rings. The molecule has 5 heteroatoms. The highest BCUT2D eigenvalue weighted by Crippen LogP contribution is 2.45. The van der Waals surface area contributed by atoms with E-state index in [1.165, 1.54) is 0 Å². The highest BCUT2D eigenvalue weighted by atomic mass is 16.6. The molecule has 1 aromatic carbocycles. The van der Waals surface area contributed by atoms with E-state index >= 15 is 0 Å². The molecule has 4 nitrogen and oxygen atoms in total. The van der Waals surface area contributed by atoms with Crippen LogP contribution in [-0.2, 0) is 25.6 Å². The van der Waals surface area contributed by atoms with Crippen molar-refractivity contribution >= 4 is 13.8 Å². The van der Waals surface area contributed by atoms with E-state index in [1.54, 1.807) is 0 Å². The van der Waals surface area contributed by atoms with E-state index in [-0.39, 0.29) is 36.8 Å². The highest BCUT2D eigenvalue weighted by Gasteiger charge is 2.54. The van der Waals surface area contributed by atoms with Crippen LogP contribution in [-0.4, -0.2) is 38.6 Å². The molecule has 1 aromatic rings. The predicted octanol–water partition coefficient (Wildman–Crippen LogP) is 1.67. The van der Waals surface area contributed by atoms with E-state index < -0.39 is 5.60 Å². The molecule has 0 N–H and O–H groups in total. The normalized spacial score (nSPS) is 34.6. The lowest BCUT2D eigenvalue weighted by molar-refractivity contribution is -0.159. The van der Waals surface area contributed by atoms with Gasteiger partial charge in [0.2, 0.25) is 0 Å². The van der Waals surface area contributed by atoms with Gasteiger partial charge in [-0.2, -0.15) is 0 Å². The minimum absolute atomic E-state index is 0.153. The average Bonchev–Trinajstić information content (AvgIpc) is 2.62. The van der Waals surface area contributed by atoms with Gasteiger partial charge in [0.05, 0.1) is 19.6 Å². The number of carbonyl (C=O) groups is 1. The van der Waals surface area contributed by atoms with Gasteiger partial charge in [-0.15, -0.1) is 0 Å². The maximum atomic E-state index is 12.1. The first-order valence-electron chi connectivity index (χ1n) is 7.31. The lowest BCUT2D eigenvalue weighted by atomic mass is 9.74. The van der Waals surface area contributed by atoms with Crippen LogP contribution in [0.25, 0.3) is 0 Å². The van der Waals surface area contributed by atoms with Crippen molar-refractivity contribution in [3.8, 4) is 0 Å². The predicted molar refractivity (Wildman–Crippen MR) is 77.7 cm³/mol. The number of hydrogen-bond acceptors (Lipinski definition) is 4. The Morgan fingerprint density at radius 1 is 1.43 bits per heavy atom. The molecule has 2 heterocycles. The molecule has 0 aromatic heterocycles. The maximum Gasteiger partial charge on any atom is 0.309 e. The number of carbonyl (C=O) groups excluding carboxylic acids is 1. The molecule has 110 valence electrons. The topological polar surface area (TPSA) is 44.8 Å². The highest BCUT2D eigenvalue weighted by molar-refractivity contribution is 6.11. The Bertz CT molecular complexity index is 506. The van der Waals surface area contributed by atoms with Gasteiger partial charge in [-0.25, -0.2) is 0 Å². The zero-order valence-corrected chi connectivity index (χ0v) is 12.2. The molecule has 21 heavy (non-hydrogen) atoms. The van der Waals surface area contributed by atoms with Crippen LogP contribution in [0.15, 0.2) is 30.3 Å². The average molecular weight is 286 g/mol. The van der Waals surface area contributed by atoms with Gasteiger partial charge in [-0.05, 0) is 11.5 Å². The Morgan fingerprint density at radius 2 is 2.19 bits per heavy atom. The van der Waals surface area contributed by atoms with Crippen molar-refractivity contribution in [2.75, 3.05) is 13.2 Å². The van der Waals surface area contributed by atoms with Gasteiger partial charge in [-0.1, -0.05) is 37.3 Å². The monoisotopic (exact) mass is 286 g/mol. The summed E-state index contributed by atoms with van der Waals surface area (Å²) in [4.78, 5) is 12.1. The minimum Gasteiger partial charge on any atom is -0.461 e. The van der Waals surface area contributed by atoms with Crippen molar-refractivity contribution in [3.63, 3.8) is 0 Å². The van der Waals surface area contributed by atoms with Crippen LogP contribution in [0.1, 0.15) is 18.9 Å². The Balaban J connectivity index is 1.59. The molecule has 0 amide bonds. The third kappa shape index (κ3) is 2.85. The summed E-state index contributed by atoms with van der Waals surface area (Å²) in [6, 6.07) is 9.26. The molecule has 0 saturated carbocycles. The molecular formula is C16H19BO4. The first kappa shape index (κ1) is 14.6. The Hall–Kier alpha value is -1.33. The quantitative estimate of drug-likeness (QED) is 0.624. The Kier molecular flexibility index (Phi) is 4.04. The van der Waals surface area contributed by atoms with Gasteiger partial charge in [-0.3, -0.25) is 4.79 Å². The van der Waals surface area contributed by atoms with Crippen LogP contribution in [0.4, 0.5) is 0 Å². The van der Waals surface area contributed by atoms with E-state index in [1.807, 2.05) is 30.3 Å². The van der Waals surface area contributed by atoms with Crippen molar-refractivity contribution in [2.24, 2.45) is 11.8 Å². The number of hydrogen-bond donors (Lipinski definition) is 0. The minimum atomic E-state index is -0.629. The summed E-state index contributed by atoms with van der Waals surface area (Å²) in [7, 11) is 5.98. The third-order valence-electron chi connectivity index (χ3n) is 4.61. The lowest BCUT2D eigenvalue weighted by Gasteiger charge is -2.36. The molecule has 3 rings (SSSR count). The van der Waals surface area contributed by atoms with Crippen LogP contribution < -0.4 is 0 Å². The number of rotatable bonds is 4. The van der Waals surface area contributed by atoms with Gasteiger partial charge in [0.25, 0.3) is 0 Å². The molecule has 0 spiro atoms. The summed E-state index contributed by atoms with van der Waals surface area (Å²) in [6.07, 6.45) is 0.186. The van der Waals surface area contributed by atoms with Gasteiger partial charge < -0.3 is 14.2 Å². The first-order valence-corrected chi connectivity index (χ1v) is 7.31. The van der Waals surface area contributed by atoms with E-state index in [2.05, 4.69) is 6.92 Å². The van der Waals surface area contributed by atoms with E-state index in [4.69, 9.17) is 22.1 Å². The largest absolute Gasteiger partial charge is 0.461 e. The van der Waals surface area contributed by atoms with Crippen molar-refractivity contribution < 1.29 is 19.0 Å². The van der Waals surface area contributed by atoms with Crippen molar-refractivity contribution in [1.82, 2.24) is 0 Å². The fraction of sp³-hybridized carbons (Fsp3) is 0.562. The second-order valence-electron chi connectivity index (χ2n) is 5.94. The van der Waals surface area contributed by atoms with Crippen molar-refractivity contribution in [2.45, 2.75) is 31.6 Å². The molecule has 2 radical (unpaired) electrons. The summed E-state index contributed by atoms with van der Waals surface area (Å²) in [6.45, 7) is 3.35. The molecule has 2 unspecified atom stereocenters. The standard InChI is InChI=1S/C16H19BO4/c1-11-13-9-19-10-16(11,21-15(13)17)7-14(18)20-8-12-5-3-2-4-6-12/h2-6,11,13,15H,7-10H2,1H3/t11?,13?,15-,16+/m1/s1. The molecule has 4 atom stereocenters. The summed E-state index contributed by atoms with van der Waals surface area (Å²) in [5.74, 6) is 0.0789. The number of benzene rings is 1. The zero-order chi connectivity index (χ0) is 14.9. The van der Waals surface area contributed by atoms with Crippen LogP contribution in [0.2, 0.25) is 0 Å². The zero-order valence-electron chi connectivity index (χ0n) is 12.2. The SMILES string of the molecule is [B][C@@H]1O[C@@]2(CC(=O)OCc3ccccc3)COCC1C2C. The number of esters is 1. The first-order chi connectivity index (χ1) is 10.1. The second kappa shape index (κ2) is 5.81. The lowest BCUT2D eigenvalue weighted by Crippen LogP contribution is -2.46. The van der Waals surface area contributed by atoms with Crippen LogP contribution in [0.3, 0.4) is 0 Å². The smallest absolute Gasteiger partial charge is 0.309 e.